The van der Waals surface area contributed by atoms with E-state index in [0.29, 0.717) is 0 Å². The highest BCUT2D eigenvalue weighted by Crippen LogP contribution is 3.02. The Morgan fingerprint density at radius 3 is 2.34 bits per heavy atom. The van der Waals surface area contributed by atoms with Crippen LogP contribution in [-0.4, -0.2) is 49.0 Å². The Balaban J connectivity index is 2.18. The van der Waals surface area contributed by atoms with Gasteiger partial charge in [-0.2, -0.15) is 13.2 Å². The van der Waals surface area contributed by atoms with E-state index in [1.807, 2.05) is 0 Å². The largest absolute Gasteiger partial charge is 0.511 e. The van der Waals surface area contributed by atoms with E-state index in [0.717, 1.165) is 6.92 Å². The first kappa shape index (κ1) is 27.7. The predicted octanol–water partition coefficient (Wildman–Crippen LogP) is 5.30. The lowest BCUT2D eigenvalue weighted by Crippen LogP contribution is -2.41. The van der Waals surface area contributed by atoms with Crippen molar-refractivity contribution in [3.63, 3.8) is 0 Å². The fourth-order valence-electron chi connectivity index (χ4n) is 2.44. The van der Waals surface area contributed by atoms with Gasteiger partial charge in [0.1, 0.15) is 23.4 Å². The summed E-state index contributed by atoms with van der Waals surface area (Å²) in [6, 6.07) is -0.121. The summed E-state index contributed by atoms with van der Waals surface area (Å²) in [5.74, 6) is -2.76. The third kappa shape index (κ3) is 7.76. The topological polar surface area (TPSA) is 123 Å². The molecule has 0 radical (unpaired) electrons. The zero-order valence-corrected chi connectivity index (χ0v) is 17.7. The second-order valence-corrected chi connectivity index (χ2v) is 9.11. The number of ether oxygens (including phenoxy) is 4. The number of nitrogens with zero attached hydrogens (tertiary/aromatic N) is 1. The van der Waals surface area contributed by atoms with Crippen LogP contribution in [0.3, 0.4) is 0 Å². The van der Waals surface area contributed by atoms with Crippen molar-refractivity contribution in [1.29, 1.82) is 0 Å². The fraction of sp³-hybridized carbons (Fsp3) is 0.375. The van der Waals surface area contributed by atoms with Crippen molar-refractivity contribution < 1.29 is 71.1 Å². The molecule has 0 N–H and O–H groups in total. The van der Waals surface area contributed by atoms with E-state index in [9.17, 15) is 52.3 Å². The van der Waals surface area contributed by atoms with Gasteiger partial charge < -0.3 is 23.8 Å². The number of esters is 1. The van der Waals surface area contributed by atoms with Crippen LogP contribution in [0.4, 0.5) is 37.4 Å². The molecule has 1 unspecified atom stereocenters. The van der Waals surface area contributed by atoms with Crippen molar-refractivity contribution in [2.75, 3.05) is 13.4 Å². The molecule has 1 heterocycles. The lowest BCUT2D eigenvalue weighted by Gasteiger charge is -2.41. The van der Waals surface area contributed by atoms with Crippen molar-refractivity contribution in [3.8, 4) is 5.75 Å². The van der Waals surface area contributed by atoms with Crippen LogP contribution in [0.15, 0.2) is 28.7 Å². The number of alkyl halides is 3. The minimum Gasteiger partial charge on any atom is -0.475 e. The smallest absolute Gasteiger partial charge is 0.475 e. The number of hydrogen-bond donors (Lipinski definition) is 0. The van der Waals surface area contributed by atoms with Crippen LogP contribution in [0.25, 0.3) is 6.08 Å². The molecule has 35 heavy (non-hydrogen) atoms. The highest BCUT2D eigenvalue weighted by Gasteiger charge is 2.65. The summed E-state index contributed by atoms with van der Waals surface area (Å²) in [6.07, 6.45) is -11.0. The van der Waals surface area contributed by atoms with Crippen molar-refractivity contribution in [2.24, 2.45) is 0 Å². The molecule has 0 fully saturated rings. The average Bonchev–Trinajstić information content (AvgIpc) is 2.68. The SMILES string of the molecule is C[C@@H](CO[N+](=O)[O-])OC(=O)OCOC(=O)C1=Cc2cc(S(F)(F)(F)(F)F)ccc2OC1C(F)(F)F. The minimum absolute atomic E-state index is 0.165. The van der Waals surface area contributed by atoms with E-state index in [1.165, 1.54) is 0 Å². The number of rotatable bonds is 8. The summed E-state index contributed by atoms with van der Waals surface area (Å²) in [7, 11) is -10.2. The van der Waals surface area contributed by atoms with Gasteiger partial charge >= 0.3 is 28.5 Å². The maximum Gasteiger partial charge on any atom is 0.511 e. The summed E-state index contributed by atoms with van der Waals surface area (Å²) in [5, 5.41) is 8.84. The Morgan fingerprint density at radius 1 is 1.17 bits per heavy atom. The van der Waals surface area contributed by atoms with Crippen LogP contribution >= 0.6 is 10.2 Å². The molecule has 0 aliphatic carbocycles. The standard InChI is InChI=1S/C16H13F8NO9S/c1-8(6-32-25(28)29)33-15(27)31-7-30-14(26)11-5-9-4-10(35(20,21,22,23)24)2-3-12(9)34-13(11)16(17,18)19/h2-5,8,13H,6-7H2,1H3/t8-,13?/m0/s1. The summed E-state index contributed by atoms with van der Waals surface area (Å²) >= 11 is 0. The van der Waals surface area contributed by atoms with E-state index in [4.69, 9.17) is 0 Å². The van der Waals surface area contributed by atoms with Crippen LogP contribution < -0.4 is 4.74 Å². The molecule has 2 rings (SSSR count). The van der Waals surface area contributed by atoms with Crippen LogP contribution in [0.1, 0.15) is 12.5 Å². The van der Waals surface area contributed by atoms with Gasteiger partial charge in [0.15, 0.2) is 0 Å². The fourth-order valence-corrected chi connectivity index (χ4v) is 3.12. The van der Waals surface area contributed by atoms with Gasteiger partial charge in [0.2, 0.25) is 12.9 Å². The molecule has 0 aromatic heterocycles. The molecule has 1 aromatic carbocycles. The van der Waals surface area contributed by atoms with Gasteiger partial charge in [0, 0.05) is 5.56 Å². The first-order chi connectivity index (χ1) is 15.7. The molecule has 0 saturated heterocycles. The monoisotopic (exact) mass is 547 g/mol. The second kappa shape index (κ2) is 8.61. The van der Waals surface area contributed by atoms with Gasteiger partial charge in [-0.05, 0) is 31.2 Å². The Labute approximate surface area is 189 Å². The highest BCUT2D eigenvalue weighted by molar-refractivity contribution is 8.45. The molecule has 0 bridgehead atoms. The molecule has 1 aliphatic rings. The first-order valence-corrected chi connectivity index (χ1v) is 10.7. The molecule has 2 atom stereocenters. The molecule has 1 aromatic rings. The summed E-state index contributed by atoms with van der Waals surface area (Å²) in [5.41, 5.74) is -2.36. The lowest BCUT2D eigenvalue weighted by atomic mass is 10.0. The Hall–Kier alpha value is -3.51. The Morgan fingerprint density at radius 2 is 1.80 bits per heavy atom. The molecule has 198 valence electrons. The van der Waals surface area contributed by atoms with Gasteiger partial charge in [0.05, 0.1) is 5.57 Å². The molecular weight excluding hydrogens is 534 g/mol. The van der Waals surface area contributed by atoms with Gasteiger partial charge in [0.25, 0.3) is 5.09 Å². The number of benzene rings is 1. The molecule has 19 heteroatoms. The molecule has 1 aliphatic heterocycles. The Bertz CT molecular complexity index is 1060. The normalized spacial score (nSPS) is 18.4. The van der Waals surface area contributed by atoms with Crippen molar-refractivity contribution in [1.82, 2.24) is 0 Å². The van der Waals surface area contributed by atoms with Crippen molar-refractivity contribution in [2.45, 2.75) is 30.2 Å². The number of carbonyl (C=O) groups excluding carboxylic acids is 2. The predicted molar refractivity (Wildman–Crippen MR) is 97.2 cm³/mol. The van der Waals surface area contributed by atoms with E-state index < -0.39 is 81.0 Å². The van der Waals surface area contributed by atoms with Crippen LogP contribution in [0.2, 0.25) is 0 Å². The number of fused-ring (bicyclic) bond motifs is 1. The highest BCUT2D eigenvalue weighted by atomic mass is 32.5. The number of halogens is 8. The molecule has 0 saturated carbocycles. The Kier molecular flexibility index (Phi) is 6.82. The summed E-state index contributed by atoms with van der Waals surface area (Å²) < 4.78 is 123. The van der Waals surface area contributed by atoms with Gasteiger partial charge in [-0.15, -0.1) is 10.1 Å². The third-order valence-electron chi connectivity index (χ3n) is 3.88. The van der Waals surface area contributed by atoms with E-state index >= 15 is 0 Å². The van der Waals surface area contributed by atoms with Crippen LogP contribution in [0, 0.1) is 10.1 Å². The van der Waals surface area contributed by atoms with E-state index in [-0.39, 0.29) is 24.3 Å². The van der Waals surface area contributed by atoms with Crippen molar-refractivity contribution >= 4 is 28.4 Å². The van der Waals surface area contributed by atoms with Gasteiger partial charge in [-0.25, -0.2) is 9.59 Å². The van der Waals surface area contributed by atoms with E-state index in [1.54, 1.807) is 0 Å². The molecule has 10 nitrogen and oxygen atoms in total. The molecular formula is C16H13F8NO9S. The summed E-state index contributed by atoms with van der Waals surface area (Å²) in [4.78, 5) is 35.0. The zero-order chi connectivity index (χ0) is 26.9. The number of hydrogen-bond acceptors (Lipinski definition) is 9. The van der Waals surface area contributed by atoms with Crippen molar-refractivity contribution in [3.05, 3.63) is 39.4 Å². The van der Waals surface area contributed by atoms with Gasteiger partial charge in [-0.1, -0.05) is 19.4 Å². The minimum atomic E-state index is -10.2. The maximum atomic E-state index is 13.3. The van der Waals surface area contributed by atoms with E-state index in [2.05, 4.69) is 23.8 Å². The summed E-state index contributed by atoms with van der Waals surface area (Å²) in [6.45, 7) is -0.937. The molecule has 0 amide bonds. The quantitative estimate of drug-likeness (QED) is 0.140. The van der Waals surface area contributed by atoms with Gasteiger partial charge in [-0.3, -0.25) is 0 Å². The third-order valence-corrected chi connectivity index (χ3v) is 5.02. The first-order valence-electron chi connectivity index (χ1n) is 8.78. The van der Waals surface area contributed by atoms with Crippen LogP contribution in [0.5, 0.6) is 5.75 Å². The maximum absolute atomic E-state index is 13.3. The molecule has 0 spiro atoms. The second-order valence-electron chi connectivity index (χ2n) is 6.70. The average molecular weight is 547 g/mol. The lowest BCUT2D eigenvalue weighted by molar-refractivity contribution is -0.759. The van der Waals surface area contributed by atoms with Crippen LogP contribution in [-0.2, 0) is 23.8 Å². The zero-order valence-electron chi connectivity index (χ0n) is 16.9. The number of carbonyl (C=O) groups is 2.